The number of rotatable bonds is 2. The van der Waals surface area contributed by atoms with Crippen LogP contribution in [-0.2, 0) is 13.0 Å². The van der Waals surface area contributed by atoms with Crippen LogP contribution in [0, 0.1) is 0 Å². The van der Waals surface area contributed by atoms with Gasteiger partial charge >= 0.3 is 0 Å². The molecule has 4 heteroatoms. The molecule has 0 spiro atoms. The van der Waals surface area contributed by atoms with Crippen molar-refractivity contribution in [2.45, 2.75) is 19.4 Å². The third-order valence-electron chi connectivity index (χ3n) is 5.06. The lowest BCUT2D eigenvalue weighted by Crippen LogP contribution is -1.94. The van der Waals surface area contributed by atoms with E-state index in [9.17, 15) is 5.11 Å². The van der Waals surface area contributed by atoms with E-state index in [2.05, 4.69) is 28.8 Å². The summed E-state index contributed by atoms with van der Waals surface area (Å²) in [6.07, 6.45) is 4.34. The molecule has 4 aromatic rings. The second kappa shape index (κ2) is 4.81. The van der Waals surface area contributed by atoms with E-state index in [1.54, 1.807) is 7.11 Å². The van der Waals surface area contributed by atoms with Crippen molar-refractivity contribution in [3.05, 3.63) is 54.4 Å². The van der Waals surface area contributed by atoms with Crippen molar-refractivity contribution < 1.29 is 9.84 Å². The standard InChI is InChI=1S/C20H18N2O2/c1-24-17-7-5-14-12-22(20(23)18(14)11-17)16-6-4-13-9-15-3-2-8-21(15)19(13)10-16/h4-7,9-12,23H,2-3,8H2,1H3. The zero-order valence-corrected chi connectivity index (χ0v) is 13.5. The topological polar surface area (TPSA) is 39.3 Å². The van der Waals surface area contributed by atoms with Crippen LogP contribution in [0.4, 0.5) is 0 Å². The lowest BCUT2D eigenvalue weighted by Gasteiger charge is -2.07. The summed E-state index contributed by atoms with van der Waals surface area (Å²) in [6, 6.07) is 14.4. The van der Waals surface area contributed by atoms with Crippen LogP contribution < -0.4 is 4.74 Å². The average molecular weight is 318 g/mol. The average Bonchev–Trinajstić information content (AvgIpc) is 3.27. The summed E-state index contributed by atoms with van der Waals surface area (Å²) in [4.78, 5) is 0. The monoisotopic (exact) mass is 318 g/mol. The molecular weight excluding hydrogens is 300 g/mol. The molecule has 5 rings (SSSR count). The first-order chi connectivity index (χ1) is 11.7. The Morgan fingerprint density at radius 2 is 1.92 bits per heavy atom. The van der Waals surface area contributed by atoms with Crippen LogP contribution >= 0.6 is 0 Å². The molecule has 0 saturated heterocycles. The molecule has 0 aliphatic carbocycles. The van der Waals surface area contributed by atoms with Gasteiger partial charge in [-0.15, -0.1) is 0 Å². The number of aryl methyl sites for hydroxylation is 2. The second-order valence-electron chi connectivity index (χ2n) is 6.41. The van der Waals surface area contributed by atoms with Crippen LogP contribution in [0.15, 0.2) is 48.7 Å². The van der Waals surface area contributed by atoms with Crippen LogP contribution in [0.3, 0.4) is 0 Å². The molecule has 4 nitrogen and oxygen atoms in total. The summed E-state index contributed by atoms with van der Waals surface area (Å²) in [6.45, 7) is 1.08. The molecule has 3 heterocycles. The summed E-state index contributed by atoms with van der Waals surface area (Å²) in [5.74, 6) is 0.992. The molecule has 0 radical (unpaired) electrons. The number of aromatic hydroxyl groups is 1. The van der Waals surface area contributed by atoms with E-state index >= 15 is 0 Å². The normalized spacial score (nSPS) is 13.7. The van der Waals surface area contributed by atoms with Gasteiger partial charge in [0.25, 0.3) is 0 Å². The molecule has 24 heavy (non-hydrogen) atoms. The molecule has 1 aliphatic heterocycles. The first-order valence-corrected chi connectivity index (χ1v) is 8.25. The van der Waals surface area contributed by atoms with E-state index in [4.69, 9.17) is 4.74 Å². The molecule has 0 saturated carbocycles. The Morgan fingerprint density at radius 1 is 1.04 bits per heavy atom. The van der Waals surface area contributed by atoms with Gasteiger partial charge in [0.15, 0.2) is 0 Å². The van der Waals surface area contributed by atoms with E-state index in [0.29, 0.717) is 0 Å². The van der Waals surface area contributed by atoms with E-state index in [0.717, 1.165) is 35.2 Å². The first kappa shape index (κ1) is 13.5. The summed E-state index contributed by atoms with van der Waals surface area (Å²) in [5, 5.41) is 13.7. The van der Waals surface area contributed by atoms with Crippen LogP contribution in [0.25, 0.3) is 27.4 Å². The van der Waals surface area contributed by atoms with Gasteiger partial charge in [-0.3, -0.25) is 4.57 Å². The fraction of sp³-hybridized carbons (Fsp3) is 0.200. The van der Waals surface area contributed by atoms with Gasteiger partial charge in [-0.1, -0.05) is 6.07 Å². The molecule has 120 valence electrons. The SMILES string of the molecule is COc1ccc2cn(-c3ccc4cc5n(c4c3)CCC5)c(O)c2c1. The maximum Gasteiger partial charge on any atom is 0.203 e. The smallest absolute Gasteiger partial charge is 0.203 e. The minimum Gasteiger partial charge on any atom is -0.497 e. The minimum atomic E-state index is 0.247. The van der Waals surface area contributed by atoms with Crippen molar-refractivity contribution in [1.82, 2.24) is 9.13 Å². The number of methoxy groups -OCH3 is 1. The number of nitrogens with zero attached hydrogens (tertiary/aromatic N) is 2. The van der Waals surface area contributed by atoms with Gasteiger partial charge in [-0.05, 0) is 49.2 Å². The summed E-state index contributed by atoms with van der Waals surface area (Å²) in [5.41, 5.74) is 3.63. The molecule has 0 bridgehead atoms. The van der Waals surface area contributed by atoms with Crippen molar-refractivity contribution in [3.63, 3.8) is 0 Å². The van der Waals surface area contributed by atoms with Crippen LogP contribution in [0.1, 0.15) is 12.1 Å². The Kier molecular flexibility index (Phi) is 2.71. The Bertz CT molecular complexity index is 1090. The zero-order chi connectivity index (χ0) is 16.3. The number of benzene rings is 2. The predicted molar refractivity (Wildman–Crippen MR) is 95.3 cm³/mol. The maximum absolute atomic E-state index is 10.7. The number of fused-ring (bicyclic) bond motifs is 4. The van der Waals surface area contributed by atoms with E-state index in [-0.39, 0.29) is 5.88 Å². The van der Waals surface area contributed by atoms with E-state index < -0.39 is 0 Å². The fourth-order valence-electron chi connectivity index (χ4n) is 3.83. The Morgan fingerprint density at radius 3 is 2.79 bits per heavy atom. The molecule has 0 fully saturated rings. The molecule has 2 aromatic heterocycles. The van der Waals surface area contributed by atoms with Crippen molar-refractivity contribution in [3.8, 4) is 17.3 Å². The van der Waals surface area contributed by atoms with E-state index in [1.807, 2.05) is 29.0 Å². The summed E-state index contributed by atoms with van der Waals surface area (Å²) in [7, 11) is 1.64. The molecule has 0 unspecified atom stereocenters. The van der Waals surface area contributed by atoms with Crippen molar-refractivity contribution in [1.29, 1.82) is 0 Å². The van der Waals surface area contributed by atoms with Crippen LogP contribution in [0.5, 0.6) is 11.6 Å². The highest BCUT2D eigenvalue weighted by Gasteiger charge is 2.16. The van der Waals surface area contributed by atoms with Crippen LogP contribution in [-0.4, -0.2) is 21.4 Å². The number of hydrogen-bond acceptors (Lipinski definition) is 2. The maximum atomic E-state index is 10.7. The van der Waals surface area contributed by atoms with Crippen molar-refractivity contribution >= 4 is 21.7 Å². The predicted octanol–water partition coefficient (Wildman–Crippen LogP) is 4.25. The highest BCUT2D eigenvalue weighted by molar-refractivity contribution is 5.91. The van der Waals surface area contributed by atoms with Crippen molar-refractivity contribution in [2.24, 2.45) is 0 Å². The molecule has 2 aromatic carbocycles. The Labute approximate surface area is 139 Å². The van der Waals surface area contributed by atoms with Gasteiger partial charge in [0.1, 0.15) is 5.75 Å². The molecule has 0 atom stereocenters. The van der Waals surface area contributed by atoms with Gasteiger partial charge in [0.2, 0.25) is 5.88 Å². The highest BCUT2D eigenvalue weighted by atomic mass is 16.5. The van der Waals surface area contributed by atoms with E-state index in [1.165, 1.54) is 23.0 Å². The highest BCUT2D eigenvalue weighted by Crippen LogP contribution is 2.34. The van der Waals surface area contributed by atoms with Gasteiger partial charge in [0.05, 0.1) is 18.3 Å². The number of hydrogen-bond donors (Lipinski definition) is 1. The third kappa shape index (κ3) is 1.80. The van der Waals surface area contributed by atoms with Crippen molar-refractivity contribution in [2.75, 3.05) is 7.11 Å². The summed E-state index contributed by atoms with van der Waals surface area (Å²) < 4.78 is 9.50. The minimum absolute atomic E-state index is 0.247. The summed E-state index contributed by atoms with van der Waals surface area (Å²) >= 11 is 0. The van der Waals surface area contributed by atoms with Gasteiger partial charge in [-0.25, -0.2) is 0 Å². The molecule has 0 amide bonds. The van der Waals surface area contributed by atoms with Crippen LogP contribution in [0.2, 0.25) is 0 Å². The van der Waals surface area contributed by atoms with Gasteiger partial charge in [-0.2, -0.15) is 0 Å². The molecular formula is C20H18N2O2. The fourth-order valence-corrected chi connectivity index (χ4v) is 3.83. The number of ether oxygens (including phenoxy) is 1. The molecule has 1 N–H and O–H groups in total. The second-order valence-corrected chi connectivity index (χ2v) is 6.41. The Balaban J connectivity index is 1.72. The third-order valence-corrected chi connectivity index (χ3v) is 5.06. The number of aromatic nitrogens is 2. The first-order valence-electron chi connectivity index (χ1n) is 8.25. The zero-order valence-electron chi connectivity index (χ0n) is 13.5. The lowest BCUT2D eigenvalue weighted by molar-refractivity contribution is 0.414. The van der Waals surface area contributed by atoms with Gasteiger partial charge in [0, 0.05) is 34.6 Å². The lowest BCUT2D eigenvalue weighted by atomic mass is 10.2. The van der Waals surface area contributed by atoms with Gasteiger partial charge < -0.3 is 14.4 Å². The molecule has 1 aliphatic rings. The largest absolute Gasteiger partial charge is 0.497 e. The Hall–Kier alpha value is -2.88. The quantitative estimate of drug-likeness (QED) is 0.600.